The molecular weight excluding hydrogens is 174 g/mol. The Hall–Kier alpha value is -1.88. The number of hydrogen-bond acceptors (Lipinski definition) is 2. The Morgan fingerprint density at radius 1 is 1.43 bits per heavy atom. The summed E-state index contributed by atoms with van der Waals surface area (Å²) in [5.74, 6) is -0.716. The third-order valence-electron chi connectivity index (χ3n) is 1.86. The number of hydrogen-bond donors (Lipinski definition) is 0. The third kappa shape index (κ3) is 2.87. The average Bonchev–Trinajstić information content (AvgIpc) is 2.26. The lowest BCUT2D eigenvalue weighted by molar-refractivity contribution is -0.116. The Morgan fingerprint density at radius 2 is 2.07 bits per heavy atom. The fourth-order valence-corrected chi connectivity index (χ4v) is 0.950. The molecule has 0 aromatic heterocycles. The molecule has 0 amide bonds. The molecule has 14 heavy (non-hydrogen) atoms. The molecule has 1 aromatic rings. The molecule has 1 unspecified atom stereocenters. The number of allylic oxidation sites excluding steroid dienone is 1. The molecule has 0 aliphatic rings. The molecule has 1 atom stereocenters. The molecule has 0 radical (unpaired) electrons. The first kappa shape index (κ1) is 10.2. The van der Waals surface area contributed by atoms with Crippen LogP contribution >= 0.6 is 0 Å². The molecule has 0 spiro atoms. The van der Waals surface area contributed by atoms with Gasteiger partial charge in [0.05, 0.1) is 6.07 Å². The zero-order valence-electron chi connectivity index (χ0n) is 7.97. The first-order valence-corrected chi connectivity index (χ1v) is 4.40. The number of rotatable bonds is 3. The van der Waals surface area contributed by atoms with E-state index in [1.807, 2.05) is 36.4 Å². The van der Waals surface area contributed by atoms with Gasteiger partial charge in [-0.2, -0.15) is 5.26 Å². The summed E-state index contributed by atoms with van der Waals surface area (Å²) < 4.78 is 0. The highest BCUT2D eigenvalue weighted by atomic mass is 16.1. The summed E-state index contributed by atoms with van der Waals surface area (Å²) >= 11 is 0. The van der Waals surface area contributed by atoms with E-state index >= 15 is 0 Å². The van der Waals surface area contributed by atoms with Crippen LogP contribution in [0.1, 0.15) is 12.5 Å². The summed E-state index contributed by atoms with van der Waals surface area (Å²) in [6.07, 6.45) is 3.17. The zero-order chi connectivity index (χ0) is 10.4. The van der Waals surface area contributed by atoms with Crippen molar-refractivity contribution in [2.45, 2.75) is 6.92 Å². The first-order chi connectivity index (χ1) is 6.74. The van der Waals surface area contributed by atoms with Crippen LogP contribution in [-0.4, -0.2) is 5.78 Å². The highest BCUT2D eigenvalue weighted by Gasteiger charge is 2.06. The van der Waals surface area contributed by atoms with Crippen molar-refractivity contribution in [3.8, 4) is 6.07 Å². The highest BCUT2D eigenvalue weighted by Crippen LogP contribution is 2.03. The van der Waals surface area contributed by atoms with E-state index in [0.717, 1.165) is 5.56 Å². The molecule has 0 aliphatic carbocycles. The van der Waals surface area contributed by atoms with Crippen LogP contribution in [0.25, 0.3) is 6.08 Å². The third-order valence-corrected chi connectivity index (χ3v) is 1.86. The maximum Gasteiger partial charge on any atom is 0.172 e. The lowest BCUT2D eigenvalue weighted by atomic mass is 10.1. The smallest absolute Gasteiger partial charge is 0.172 e. The van der Waals surface area contributed by atoms with Crippen LogP contribution in [0, 0.1) is 17.2 Å². The fraction of sp³-hybridized carbons (Fsp3) is 0.167. The quantitative estimate of drug-likeness (QED) is 0.678. The zero-order valence-corrected chi connectivity index (χ0v) is 7.97. The van der Waals surface area contributed by atoms with Gasteiger partial charge in [-0.1, -0.05) is 36.4 Å². The predicted molar refractivity (Wildman–Crippen MR) is 55.3 cm³/mol. The maximum atomic E-state index is 11.2. The van der Waals surface area contributed by atoms with Gasteiger partial charge in [0.15, 0.2) is 5.78 Å². The number of nitriles is 1. The summed E-state index contributed by atoms with van der Waals surface area (Å²) in [5, 5.41) is 8.50. The summed E-state index contributed by atoms with van der Waals surface area (Å²) in [6.45, 7) is 1.59. The highest BCUT2D eigenvalue weighted by molar-refractivity contribution is 5.96. The van der Waals surface area contributed by atoms with Crippen LogP contribution in [0.15, 0.2) is 36.4 Å². The predicted octanol–water partition coefficient (Wildman–Crippen LogP) is 2.43. The molecule has 0 N–H and O–H groups in total. The Morgan fingerprint density at radius 3 is 2.64 bits per heavy atom. The first-order valence-electron chi connectivity index (χ1n) is 4.40. The lowest BCUT2D eigenvalue weighted by Crippen LogP contribution is -2.03. The van der Waals surface area contributed by atoms with Gasteiger partial charge in [-0.25, -0.2) is 0 Å². The maximum absolute atomic E-state index is 11.2. The normalized spacial score (nSPS) is 12.3. The number of ketones is 1. The van der Waals surface area contributed by atoms with Crippen LogP contribution in [0.5, 0.6) is 0 Å². The Balaban J connectivity index is 2.67. The van der Waals surface area contributed by atoms with Crippen molar-refractivity contribution in [3.63, 3.8) is 0 Å². The van der Waals surface area contributed by atoms with Crippen LogP contribution in [0.4, 0.5) is 0 Å². The van der Waals surface area contributed by atoms with Crippen molar-refractivity contribution in [2.75, 3.05) is 0 Å². The Bertz CT molecular complexity index is 373. The molecule has 2 heteroatoms. The number of carbonyl (C=O) groups excluding carboxylic acids is 1. The van der Waals surface area contributed by atoms with Crippen LogP contribution in [-0.2, 0) is 4.79 Å². The van der Waals surface area contributed by atoms with E-state index in [0.29, 0.717) is 0 Å². The van der Waals surface area contributed by atoms with E-state index in [9.17, 15) is 4.79 Å². The summed E-state index contributed by atoms with van der Waals surface area (Å²) in [4.78, 5) is 11.2. The largest absolute Gasteiger partial charge is 0.293 e. The number of benzene rings is 1. The van der Waals surface area contributed by atoms with Gasteiger partial charge in [-0.3, -0.25) is 4.79 Å². The summed E-state index contributed by atoms with van der Waals surface area (Å²) in [7, 11) is 0. The van der Waals surface area contributed by atoms with E-state index in [1.165, 1.54) is 6.08 Å². The second-order valence-corrected chi connectivity index (χ2v) is 3.00. The van der Waals surface area contributed by atoms with Crippen molar-refractivity contribution in [2.24, 2.45) is 5.92 Å². The minimum Gasteiger partial charge on any atom is -0.293 e. The minimum absolute atomic E-state index is 0.156. The SMILES string of the molecule is CC(C#N)C(=O)/C=C/c1ccccc1. The molecule has 70 valence electrons. The van der Waals surface area contributed by atoms with E-state index in [4.69, 9.17) is 5.26 Å². The van der Waals surface area contributed by atoms with Crippen LogP contribution in [0.3, 0.4) is 0 Å². The molecule has 0 saturated heterocycles. The molecular formula is C12H11NO. The molecule has 1 aromatic carbocycles. The molecule has 0 aliphatic heterocycles. The summed E-state index contributed by atoms with van der Waals surface area (Å²) in [6, 6.07) is 11.4. The average molecular weight is 185 g/mol. The van der Waals surface area contributed by atoms with Gasteiger partial charge >= 0.3 is 0 Å². The molecule has 0 saturated carbocycles. The number of nitrogens with zero attached hydrogens (tertiary/aromatic N) is 1. The van der Waals surface area contributed by atoms with Gasteiger partial charge in [0, 0.05) is 0 Å². The second-order valence-electron chi connectivity index (χ2n) is 3.00. The van der Waals surface area contributed by atoms with Crippen LogP contribution in [0.2, 0.25) is 0 Å². The van der Waals surface area contributed by atoms with Crippen molar-refractivity contribution in [3.05, 3.63) is 42.0 Å². The Kier molecular flexibility index (Phi) is 3.63. The summed E-state index contributed by atoms with van der Waals surface area (Å²) in [5.41, 5.74) is 0.964. The van der Waals surface area contributed by atoms with Gasteiger partial charge in [0.2, 0.25) is 0 Å². The van der Waals surface area contributed by atoms with Gasteiger partial charge in [-0.15, -0.1) is 0 Å². The van der Waals surface area contributed by atoms with Gasteiger partial charge < -0.3 is 0 Å². The van der Waals surface area contributed by atoms with E-state index in [-0.39, 0.29) is 5.78 Å². The standard InChI is InChI=1S/C12H11NO/c1-10(9-13)12(14)8-7-11-5-3-2-4-6-11/h2-8,10H,1H3/b8-7+. The monoisotopic (exact) mass is 185 g/mol. The molecule has 1 rings (SSSR count). The van der Waals surface area contributed by atoms with Gasteiger partial charge in [0.25, 0.3) is 0 Å². The van der Waals surface area contributed by atoms with Crippen LogP contribution < -0.4 is 0 Å². The van der Waals surface area contributed by atoms with Crippen molar-refractivity contribution < 1.29 is 4.79 Å². The molecule has 0 heterocycles. The minimum atomic E-state index is -0.560. The van der Waals surface area contributed by atoms with E-state index in [1.54, 1.807) is 13.0 Å². The fourth-order valence-electron chi connectivity index (χ4n) is 0.950. The molecule has 0 fully saturated rings. The lowest BCUT2D eigenvalue weighted by Gasteiger charge is -1.94. The van der Waals surface area contributed by atoms with E-state index < -0.39 is 5.92 Å². The molecule has 2 nitrogen and oxygen atoms in total. The van der Waals surface area contributed by atoms with Gasteiger partial charge in [-0.05, 0) is 18.6 Å². The van der Waals surface area contributed by atoms with Gasteiger partial charge in [0.1, 0.15) is 5.92 Å². The van der Waals surface area contributed by atoms with Crippen molar-refractivity contribution >= 4 is 11.9 Å². The van der Waals surface area contributed by atoms with Crippen molar-refractivity contribution in [1.29, 1.82) is 5.26 Å². The topological polar surface area (TPSA) is 40.9 Å². The van der Waals surface area contributed by atoms with E-state index in [2.05, 4.69) is 0 Å². The molecule has 0 bridgehead atoms. The Labute approximate surface area is 83.5 Å². The second kappa shape index (κ2) is 4.98. The number of carbonyl (C=O) groups is 1. The van der Waals surface area contributed by atoms with Crippen molar-refractivity contribution in [1.82, 2.24) is 0 Å².